The standard InChI is InChI=1S/C15H24O4/c1-11(16)12-6-7-13(14(10-12)17-5)18-8-9-19-15(2,3)4/h6-7,10-11,16H,8-9H2,1-5H3/t11-/m1/s1. The van der Waals surface area contributed by atoms with E-state index >= 15 is 0 Å². The van der Waals surface area contributed by atoms with Crippen LogP contribution in [0.4, 0.5) is 0 Å². The van der Waals surface area contributed by atoms with Crippen LogP contribution in [-0.2, 0) is 4.74 Å². The van der Waals surface area contributed by atoms with E-state index in [0.717, 1.165) is 5.56 Å². The van der Waals surface area contributed by atoms with Crippen molar-refractivity contribution in [3.8, 4) is 11.5 Å². The second kappa shape index (κ2) is 6.78. The highest BCUT2D eigenvalue weighted by Gasteiger charge is 2.11. The quantitative estimate of drug-likeness (QED) is 0.806. The zero-order valence-corrected chi connectivity index (χ0v) is 12.4. The fourth-order valence-corrected chi connectivity index (χ4v) is 1.56. The summed E-state index contributed by atoms with van der Waals surface area (Å²) in [5.74, 6) is 1.28. The van der Waals surface area contributed by atoms with Crippen LogP contribution in [0.1, 0.15) is 39.4 Å². The number of aliphatic hydroxyl groups is 1. The highest BCUT2D eigenvalue weighted by Crippen LogP contribution is 2.30. The van der Waals surface area contributed by atoms with Gasteiger partial charge in [0.1, 0.15) is 6.61 Å². The minimum absolute atomic E-state index is 0.163. The van der Waals surface area contributed by atoms with Crippen LogP contribution in [0.25, 0.3) is 0 Å². The predicted octanol–water partition coefficient (Wildman–Crippen LogP) is 2.94. The Morgan fingerprint density at radius 2 is 1.84 bits per heavy atom. The molecule has 0 aliphatic rings. The Morgan fingerprint density at radius 1 is 1.16 bits per heavy atom. The van der Waals surface area contributed by atoms with Crippen LogP contribution < -0.4 is 9.47 Å². The van der Waals surface area contributed by atoms with Crippen molar-refractivity contribution in [2.24, 2.45) is 0 Å². The third-order valence-electron chi connectivity index (χ3n) is 2.55. The van der Waals surface area contributed by atoms with Gasteiger partial charge in [0.05, 0.1) is 25.4 Å². The summed E-state index contributed by atoms with van der Waals surface area (Å²) in [6, 6.07) is 5.41. The van der Waals surface area contributed by atoms with Crippen LogP contribution >= 0.6 is 0 Å². The summed E-state index contributed by atoms with van der Waals surface area (Å²) in [5.41, 5.74) is 0.638. The SMILES string of the molecule is COc1cc([C@@H](C)O)ccc1OCCOC(C)(C)C. The lowest BCUT2D eigenvalue weighted by atomic mass is 10.1. The lowest BCUT2D eigenvalue weighted by Crippen LogP contribution is -2.22. The molecule has 1 aromatic carbocycles. The Morgan fingerprint density at radius 3 is 2.37 bits per heavy atom. The number of hydrogen-bond donors (Lipinski definition) is 1. The molecular weight excluding hydrogens is 244 g/mol. The summed E-state index contributed by atoms with van der Waals surface area (Å²) in [7, 11) is 1.58. The van der Waals surface area contributed by atoms with Gasteiger partial charge in [0.25, 0.3) is 0 Å². The van der Waals surface area contributed by atoms with Crippen LogP contribution in [0.15, 0.2) is 18.2 Å². The van der Waals surface area contributed by atoms with Gasteiger partial charge in [-0.25, -0.2) is 0 Å². The Labute approximate surface area is 115 Å². The lowest BCUT2D eigenvalue weighted by molar-refractivity contribution is -0.0165. The van der Waals surface area contributed by atoms with E-state index in [1.807, 2.05) is 26.8 Å². The number of benzene rings is 1. The van der Waals surface area contributed by atoms with Gasteiger partial charge < -0.3 is 19.3 Å². The molecule has 1 N–H and O–H groups in total. The molecule has 1 atom stereocenters. The van der Waals surface area contributed by atoms with Crippen LogP contribution in [0.3, 0.4) is 0 Å². The molecule has 0 bridgehead atoms. The Hall–Kier alpha value is -1.26. The summed E-state index contributed by atoms with van der Waals surface area (Å²) in [4.78, 5) is 0. The molecule has 0 radical (unpaired) electrons. The first-order chi connectivity index (χ1) is 8.83. The summed E-state index contributed by atoms with van der Waals surface area (Å²) in [6.07, 6.45) is -0.521. The molecule has 0 unspecified atom stereocenters. The van der Waals surface area contributed by atoms with E-state index in [-0.39, 0.29) is 5.60 Å². The van der Waals surface area contributed by atoms with Crippen molar-refractivity contribution in [2.75, 3.05) is 20.3 Å². The van der Waals surface area contributed by atoms with Gasteiger partial charge in [0, 0.05) is 0 Å². The first kappa shape index (κ1) is 15.8. The van der Waals surface area contributed by atoms with E-state index in [9.17, 15) is 5.11 Å². The maximum absolute atomic E-state index is 9.52. The van der Waals surface area contributed by atoms with Gasteiger partial charge in [0.2, 0.25) is 0 Å². The van der Waals surface area contributed by atoms with Crippen LogP contribution in [0.5, 0.6) is 11.5 Å². The lowest BCUT2D eigenvalue weighted by Gasteiger charge is -2.20. The van der Waals surface area contributed by atoms with E-state index in [1.165, 1.54) is 0 Å². The topological polar surface area (TPSA) is 47.9 Å². The number of rotatable bonds is 6. The number of methoxy groups -OCH3 is 1. The summed E-state index contributed by atoms with van der Waals surface area (Å²) < 4.78 is 16.5. The van der Waals surface area contributed by atoms with Crippen molar-refractivity contribution >= 4 is 0 Å². The smallest absolute Gasteiger partial charge is 0.161 e. The second-order valence-electron chi connectivity index (χ2n) is 5.40. The largest absolute Gasteiger partial charge is 0.493 e. The predicted molar refractivity (Wildman–Crippen MR) is 74.8 cm³/mol. The highest BCUT2D eigenvalue weighted by atomic mass is 16.5. The van der Waals surface area contributed by atoms with Crippen LogP contribution in [0.2, 0.25) is 0 Å². The fraction of sp³-hybridized carbons (Fsp3) is 0.600. The van der Waals surface area contributed by atoms with Crippen molar-refractivity contribution in [1.29, 1.82) is 0 Å². The maximum atomic E-state index is 9.52. The molecule has 0 amide bonds. The molecule has 0 spiro atoms. The molecule has 108 valence electrons. The van der Waals surface area contributed by atoms with Gasteiger partial charge >= 0.3 is 0 Å². The van der Waals surface area contributed by atoms with Crippen LogP contribution in [-0.4, -0.2) is 31.0 Å². The van der Waals surface area contributed by atoms with Gasteiger partial charge in [-0.15, -0.1) is 0 Å². The van der Waals surface area contributed by atoms with Crippen molar-refractivity contribution in [1.82, 2.24) is 0 Å². The highest BCUT2D eigenvalue weighted by molar-refractivity contribution is 5.43. The van der Waals surface area contributed by atoms with E-state index in [0.29, 0.717) is 24.7 Å². The molecule has 0 fully saturated rings. The van der Waals surface area contributed by atoms with Gasteiger partial charge in [-0.2, -0.15) is 0 Å². The number of ether oxygens (including phenoxy) is 3. The summed E-state index contributed by atoms with van der Waals surface area (Å²) >= 11 is 0. The normalized spacial score (nSPS) is 13.2. The first-order valence-electron chi connectivity index (χ1n) is 6.46. The zero-order chi connectivity index (χ0) is 14.5. The molecule has 1 rings (SSSR count). The minimum atomic E-state index is -0.521. The Balaban J connectivity index is 2.58. The maximum Gasteiger partial charge on any atom is 0.161 e. The third-order valence-corrected chi connectivity index (χ3v) is 2.55. The molecule has 0 aliphatic heterocycles. The second-order valence-corrected chi connectivity index (χ2v) is 5.40. The minimum Gasteiger partial charge on any atom is -0.493 e. The van der Waals surface area contributed by atoms with E-state index in [2.05, 4.69) is 0 Å². The van der Waals surface area contributed by atoms with Crippen molar-refractivity contribution in [2.45, 2.75) is 39.4 Å². The molecule has 1 aromatic rings. The summed E-state index contributed by atoms with van der Waals surface area (Å²) in [5, 5.41) is 9.52. The van der Waals surface area contributed by atoms with Gasteiger partial charge in [-0.3, -0.25) is 0 Å². The molecule has 0 heterocycles. The Bertz CT molecular complexity index is 394. The molecule has 19 heavy (non-hydrogen) atoms. The zero-order valence-electron chi connectivity index (χ0n) is 12.4. The fourth-order valence-electron chi connectivity index (χ4n) is 1.56. The van der Waals surface area contributed by atoms with Crippen molar-refractivity contribution < 1.29 is 19.3 Å². The van der Waals surface area contributed by atoms with E-state index in [4.69, 9.17) is 14.2 Å². The third kappa shape index (κ3) is 5.49. The molecule has 4 heteroatoms. The van der Waals surface area contributed by atoms with Gasteiger partial charge in [-0.05, 0) is 45.4 Å². The van der Waals surface area contributed by atoms with Crippen molar-refractivity contribution in [3.63, 3.8) is 0 Å². The van der Waals surface area contributed by atoms with Crippen LogP contribution in [0, 0.1) is 0 Å². The molecule has 0 aliphatic carbocycles. The first-order valence-corrected chi connectivity index (χ1v) is 6.46. The Kier molecular flexibility index (Phi) is 5.63. The summed E-state index contributed by atoms with van der Waals surface area (Å²) in [6.45, 7) is 8.71. The molecule has 4 nitrogen and oxygen atoms in total. The average molecular weight is 268 g/mol. The molecular formula is C15H24O4. The van der Waals surface area contributed by atoms with Gasteiger partial charge in [-0.1, -0.05) is 6.07 Å². The number of aliphatic hydroxyl groups excluding tert-OH is 1. The molecule has 0 aromatic heterocycles. The van der Waals surface area contributed by atoms with E-state index in [1.54, 1.807) is 26.2 Å². The monoisotopic (exact) mass is 268 g/mol. The van der Waals surface area contributed by atoms with Gasteiger partial charge in [0.15, 0.2) is 11.5 Å². The molecule has 0 saturated heterocycles. The van der Waals surface area contributed by atoms with E-state index < -0.39 is 6.10 Å². The number of hydrogen-bond acceptors (Lipinski definition) is 4. The van der Waals surface area contributed by atoms with Crippen molar-refractivity contribution in [3.05, 3.63) is 23.8 Å². The molecule has 0 saturated carbocycles. The average Bonchev–Trinajstić information content (AvgIpc) is 2.33.